The van der Waals surface area contributed by atoms with E-state index in [9.17, 15) is 19.8 Å². The summed E-state index contributed by atoms with van der Waals surface area (Å²) in [6.07, 6.45) is -2.77. The Hall–Kier alpha value is -4.58. The van der Waals surface area contributed by atoms with Gasteiger partial charge in [0, 0.05) is 0 Å². The third-order valence-electron chi connectivity index (χ3n) is 6.44. The maximum Gasteiger partial charge on any atom is 0.511 e. The molecular formula is C27H16O6. The number of hydrogen-bond donors (Lipinski definition) is 2. The standard InChI is InChI=1S/C27H16O6/c28-25(29)32-15-9-11-19-17-5-1-3-7-21(17)27(23(19)13-15)22-8-4-2-6-18(22)20-12-10-16(14-24(20)27)33-26(30)31/h1-14H,(H,28,29)(H,30,31). The van der Waals surface area contributed by atoms with Crippen LogP contribution < -0.4 is 9.47 Å². The molecule has 4 aromatic carbocycles. The van der Waals surface area contributed by atoms with E-state index in [-0.39, 0.29) is 11.5 Å². The number of carbonyl (C=O) groups is 2. The molecule has 2 N–H and O–H groups in total. The Kier molecular flexibility index (Phi) is 3.89. The Morgan fingerprint density at radius 2 is 0.939 bits per heavy atom. The molecule has 6 nitrogen and oxygen atoms in total. The first kappa shape index (κ1) is 19.1. The average Bonchev–Trinajstić information content (AvgIpc) is 3.25. The van der Waals surface area contributed by atoms with Crippen LogP contribution >= 0.6 is 0 Å². The van der Waals surface area contributed by atoms with Crippen LogP contribution in [0.1, 0.15) is 22.3 Å². The van der Waals surface area contributed by atoms with Crippen molar-refractivity contribution >= 4 is 12.3 Å². The summed E-state index contributed by atoms with van der Waals surface area (Å²) in [7, 11) is 0. The lowest BCUT2D eigenvalue weighted by Gasteiger charge is -2.30. The van der Waals surface area contributed by atoms with Crippen molar-refractivity contribution in [2.75, 3.05) is 0 Å². The van der Waals surface area contributed by atoms with Crippen molar-refractivity contribution in [3.8, 4) is 33.8 Å². The quantitative estimate of drug-likeness (QED) is 0.250. The fraction of sp³-hybridized carbons (Fsp3) is 0.0370. The molecule has 0 amide bonds. The first-order chi connectivity index (χ1) is 16.0. The second-order valence-electron chi connectivity index (χ2n) is 7.99. The van der Waals surface area contributed by atoms with Crippen LogP contribution in [0.5, 0.6) is 11.5 Å². The van der Waals surface area contributed by atoms with Gasteiger partial charge in [-0.3, -0.25) is 0 Å². The molecule has 4 aromatic rings. The number of rotatable bonds is 2. The zero-order valence-electron chi connectivity index (χ0n) is 17.1. The van der Waals surface area contributed by atoms with Crippen molar-refractivity contribution in [1.29, 1.82) is 0 Å². The molecule has 6 heteroatoms. The molecule has 0 saturated carbocycles. The maximum absolute atomic E-state index is 11.2. The minimum Gasteiger partial charge on any atom is -0.449 e. The van der Waals surface area contributed by atoms with Crippen LogP contribution in [0, 0.1) is 0 Å². The molecule has 0 fully saturated rings. The summed E-state index contributed by atoms with van der Waals surface area (Å²) in [6, 6.07) is 26.6. The minimum absolute atomic E-state index is 0.220. The Morgan fingerprint density at radius 1 is 0.545 bits per heavy atom. The first-order valence-corrected chi connectivity index (χ1v) is 10.3. The van der Waals surface area contributed by atoms with E-state index in [0.29, 0.717) is 0 Å². The lowest BCUT2D eigenvalue weighted by molar-refractivity contribution is 0.143. The van der Waals surface area contributed by atoms with E-state index < -0.39 is 17.7 Å². The summed E-state index contributed by atoms with van der Waals surface area (Å²) < 4.78 is 10.0. The van der Waals surface area contributed by atoms with Crippen molar-refractivity contribution < 1.29 is 29.3 Å². The van der Waals surface area contributed by atoms with Crippen molar-refractivity contribution in [2.45, 2.75) is 5.41 Å². The summed E-state index contributed by atoms with van der Waals surface area (Å²) in [6.45, 7) is 0. The van der Waals surface area contributed by atoms with E-state index in [1.165, 1.54) is 0 Å². The molecule has 0 unspecified atom stereocenters. The van der Waals surface area contributed by atoms with Gasteiger partial charge in [-0.15, -0.1) is 0 Å². The van der Waals surface area contributed by atoms with Crippen LogP contribution in [0.2, 0.25) is 0 Å². The molecule has 2 aliphatic carbocycles. The van der Waals surface area contributed by atoms with Gasteiger partial charge in [0.25, 0.3) is 0 Å². The highest BCUT2D eigenvalue weighted by molar-refractivity contribution is 5.95. The molecule has 2 aliphatic rings. The van der Waals surface area contributed by atoms with Gasteiger partial charge >= 0.3 is 12.3 Å². The highest BCUT2D eigenvalue weighted by Gasteiger charge is 2.52. The molecule has 0 bridgehead atoms. The molecule has 6 rings (SSSR count). The van der Waals surface area contributed by atoms with Crippen molar-refractivity contribution in [3.05, 3.63) is 107 Å². The van der Waals surface area contributed by atoms with Crippen LogP contribution in [0.15, 0.2) is 84.9 Å². The summed E-state index contributed by atoms with van der Waals surface area (Å²) in [4.78, 5) is 22.5. The van der Waals surface area contributed by atoms with Gasteiger partial charge in [-0.25, -0.2) is 9.59 Å². The number of carboxylic acid groups (broad SMARTS) is 2. The Labute approximate surface area is 188 Å². The smallest absolute Gasteiger partial charge is 0.449 e. The number of fused-ring (bicyclic) bond motifs is 10. The van der Waals surface area contributed by atoms with Crippen LogP contribution in [0.25, 0.3) is 22.3 Å². The molecule has 1 spiro atoms. The van der Waals surface area contributed by atoms with Crippen LogP contribution in [0.4, 0.5) is 9.59 Å². The topological polar surface area (TPSA) is 93.1 Å². The minimum atomic E-state index is -1.39. The molecule has 0 aromatic heterocycles. The third-order valence-corrected chi connectivity index (χ3v) is 6.44. The van der Waals surface area contributed by atoms with Gasteiger partial charge in [-0.1, -0.05) is 60.7 Å². The van der Waals surface area contributed by atoms with Crippen molar-refractivity contribution in [3.63, 3.8) is 0 Å². The zero-order valence-corrected chi connectivity index (χ0v) is 17.1. The van der Waals surface area contributed by atoms with E-state index in [1.54, 1.807) is 24.3 Å². The predicted octanol–water partition coefficient (Wildman–Crippen LogP) is 6.14. The zero-order chi connectivity index (χ0) is 22.7. The average molecular weight is 436 g/mol. The number of hydrogen-bond acceptors (Lipinski definition) is 4. The maximum atomic E-state index is 11.2. The lowest BCUT2D eigenvalue weighted by Crippen LogP contribution is -2.26. The molecular weight excluding hydrogens is 420 g/mol. The second-order valence-corrected chi connectivity index (χ2v) is 7.99. The largest absolute Gasteiger partial charge is 0.511 e. The third kappa shape index (κ3) is 2.55. The molecule has 0 radical (unpaired) electrons. The molecule has 160 valence electrons. The van der Waals surface area contributed by atoms with Crippen LogP contribution in [-0.2, 0) is 5.41 Å². The van der Waals surface area contributed by atoms with Gasteiger partial charge < -0.3 is 19.7 Å². The molecule has 0 heterocycles. The summed E-state index contributed by atoms with van der Waals surface area (Å²) in [5.74, 6) is 0.439. The second kappa shape index (κ2) is 6.71. The number of benzene rings is 4. The van der Waals surface area contributed by atoms with Gasteiger partial charge in [0.05, 0.1) is 5.41 Å². The molecule has 33 heavy (non-hydrogen) atoms. The van der Waals surface area contributed by atoms with Crippen LogP contribution in [-0.4, -0.2) is 22.5 Å². The van der Waals surface area contributed by atoms with Crippen molar-refractivity contribution in [2.24, 2.45) is 0 Å². The SMILES string of the molecule is O=C(O)Oc1ccc2c(c1)C1(c3ccccc3-2)c2ccccc2-c2ccc(OC(=O)O)cc21. The molecule has 0 atom stereocenters. The summed E-state index contributed by atoms with van der Waals surface area (Å²) in [5, 5.41) is 18.4. The van der Waals surface area contributed by atoms with Gasteiger partial charge in [-0.2, -0.15) is 0 Å². The van der Waals surface area contributed by atoms with Gasteiger partial charge in [0.1, 0.15) is 11.5 Å². The highest BCUT2D eigenvalue weighted by Crippen LogP contribution is 2.63. The first-order valence-electron chi connectivity index (χ1n) is 10.3. The Bertz CT molecular complexity index is 1370. The van der Waals surface area contributed by atoms with Gasteiger partial charge in [-0.05, 0) is 68.8 Å². The fourth-order valence-electron chi connectivity index (χ4n) is 5.43. The normalized spacial score (nSPS) is 13.6. The van der Waals surface area contributed by atoms with Gasteiger partial charge in [0.2, 0.25) is 0 Å². The molecule has 0 saturated heterocycles. The van der Waals surface area contributed by atoms with E-state index in [1.807, 2.05) is 48.5 Å². The summed E-state index contributed by atoms with van der Waals surface area (Å²) in [5.41, 5.74) is 7.04. The van der Waals surface area contributed by atoms with Crippen molar-refractivity contribution in [1.82, 2.24) is 0 Å². The Balaban J connectivity index is 1.74. The summed E-state index contributed by atoms with van der Waals surface area (Å²) >= 11 is 0. The van der Waals surface area contributed by atoms with E-state index >= 15 is 0 Å². The van der Waals surface area contributed by atoms with E-state index in [0.717, 1.165) is 44.5 Å². The van der Waals surface area contributed by atoms with E-state index in [2.05, 4.69) is 12.1 Å². The molecule has 0 aliphatic heterocycles. The monoisotopic (exact) mass is 436 g/mol. The van der Waals surface area contributed by atoms with Crippen LogP contribution in [0.3, 0.4) is 0 Å². The van der Waals surface area contributed by atoms with Gasteiger partial charge in [0.15, 0.2) is 0 Å². The number of ether oxygens (including phenoxy) is 2. The fourth-order valence-corrected chi connectivity index (χ4v) is 5.43. The van der Waals surface area contributed by atoms with E-state index in [4.69, 9.17) is 9.47 Å². The predicted molar refractivity (Wildman–Crippen MR) is 120 cm³/mol. The lowest BCUT2D eigenvalue weighted by atomic mass is 9.70. The Morgan fingerprint density at radius 3 is 1.36 bits per heavy atom. The highest BCUT2D eigenvalue weighted by atomic mass is 16.7.